The van der Waals surface area contributed by atoms with Gasteiger partial charge in [-0.2, -0.15) is 0 Å². The number of benzene rings is 2. The zero-order chi connectivity index (χ0) is 11.1. The van der Waals surface area contributed by atoms with E-state index in [0.717, 1.165) is 21.9 Å². The van der Waals surface area contributed by atoms with Gasteiger partial charge in [0.25, 0.3) is 0 Å². The molecule has 78 valence electrons. The highest BCUT2D eigenvalue weighted by Gasteiger charge is 2.10. The lowest BCUT2D eigenvalue weighted by Crippen LogP contribution is -1.80. The highest BCUT2D eigenvalue weighted by atomic mass is 19.1. The first-order valence-electron chi connectivity index (χ1n) is 5.12. The molecule has 1 nitrogen and oxygen atoms in total. The van der Waals surface area contributed by atoms with Crippen LogP contribution in [0.5, 0.6) is 0 Å². The molecule has 2 heteroatoms. The minimum Gasteiger partial charge on any atom is -0.352 e. The number of para-hydroxylation sites is 1. The zero-order valence-electron chi connectivity index (χ0n) is 8.63. The number of rotatable bonds is 1. The van der Waals surface area contributed by atoms with Crippen molar-refractivity contribution in [1.82, 2.24) is 4.98 Å². The molecule has 0 atom stereocenters. The van der Waals surface area contributed by atoms with Gasteiger partial charge in [0.05, 0.1) is 5.52 Å². The maximum absolute atomic E-state index is 13.7. The average Bonchev–Trinajstić information content (AvgIpc) is 2.70. The summed E-state index contributed by atoms with van der Waals surface area (Å²) >= 11 is 0. The van der Waals surface area contributed by atoms with E-state index in [1.165, 1.54) is 6.07 Å². The van der Waals surface area contributed by atoms with Crippen LogP contribution in [0, 0.1) is 5.82 Å². The van der Waals surface area contributed by atoms with E-state index in [0.29, 0.717) is 5.52 Å². The van der Waals surface area contributed by atoms with Crippen molar-refractivity contribution in [3.8, 4) is 0 Å². The first-order valence-corrected chi connectivity index (χ1v) is 5.12. The summed E-state index contributed by atoms with van der Waals surface area (Å²) < 4.78 is 13.7. The summed E-state index contributed by atoms with van der Waals surface area (Å²) in [7, 11) is 0. The summed E-state index contributed by atoms with van der Waals surface area (Å²) in [5, 5.41) is 1.94. The van der Waals surface area contributed by atoms with Crippen molar-refractivity contribution >= 4 is 27.9 Å². The fourth-order valence-electron chi connectivity index (χ4n) is 2.12. The van der Waals surface area contributed by atoms with E-state index >= 15 is 0 Å². The monoisotopic (exact) mass is 211 g/mol. The Hall–Kier alpha value is -2.09. The Balaban J connectivity index is 2.64. The Morgan fingerprint density at radius 1 is 1.12 bits per heavy atom. The van der Waals surface area contributed by atoms with Gasteiger partial charge in [-0.15, -0.1) is 0 Å². The largest absolute Gasteiger partial charge is 0.352 e. The minimum absolute atomic E-state index is 0.225. The van der Waals surface area contributed by atoms with Crippen LogP contribution in [-0.2, 0) is 0 Å². The molecule has 0 aliphatic carbocycles. The summed E-state index contributed by atoms with van der Waals surface area (Å²) in [4.78, 5) is 3.10. The number of aromatic amines is 1. The molecule has 2 aromatic carbocycles. The molecule has 0 aliphatic rings. The van der Waals surface area contributed by atoms with Crippen LogP contribution >= 0.6 is 0 Å². The molecule has 0 bridgehead atoms. The number of hydrogen-bond acceptors (Lipinski definition) is 0. The molecule has 0 spiro atoms. The van der Waals surface area contributed by atoms with Crippen LogP contribution in [0.4, 0.5) is 4.39 Å². The maximum Gasteiger partial charge on any atom is 0.147 e. The van der Waals surface area contributed by atoms with Crippen LogP contribution in [0.15, 0.2) is 43.0 Å². The van der Waals surface area contributed by atoms with Crippen LogP contribution in [0.2, 0.25) is 0 Å². The number of H-pyrrole nitrogens is 1. The van der Waals surface area contributed by atoms with E-state index in [-0.39, 0.29) is 5.82 Å². The average molecular weight is 211 g/mol. The van der Waals surface area contributed by atoms with E-state index < -0.39 is 0 Å². The van der Waals surface area contributed by atoms with Gasteiger partial charge in [0.1, 0.15) is 5.82 Å². The predicted molar refractivity (Wildman–Crippen MR) is 65.9 cm³/mol. The number of halogens is 1. The summed E-state index contributed by atoms with van der Waals surface area (Å²) in [6, 6.07) is 11.0. The van der Waals surface area contributed by atoms with Crippen molar-refractivity contribution in [2.45, 2.75) is 0 Å². The third-order valence-electron chi connectivity index (χ3n) is 2.86. The first-order chi connectivity index (χ1) is 7.81. The van der Waals surface area contributed by atoms with Gasteiger partial charge in [-0.05, 0) is 17.7 Å². The molecule has 1 N–H and O–H groups in total. The molecular weight excluding hydrogens is 201 g/mol. The molecular formula is C14H10FN. The number of fused-ring (bicyclic) bond motifs is 3. The number of aromatic nitrogens is 1. The molecule has 3 rings (SSSR count). The van der Waals surface area contributed by atoms with E-state index in [2.05, 4.69) is 11.6 Å². The molecule has 16 heavy (non-hydrogen) atoms. The lowest BCUT2D eigenvalue weighted by Gasteiger charge is -1.98. The minimum atomic E-state index is -0.225. The van der Waals surface area contributed by atoms with Crippen molar-refractivity contribution in [3.05, 3.63) is 54.4 Å². The lowest BCUT2D eigenvalue weighted by atomic mass is 10.1. The molecule has 0 unspecified atom stereocenters. The van der Waals surface area contributed by atoms with E-state index in [4.69, 9.17) is 0 Å². The number of nitrogens with one attached hydrogen (secondary N) is 1. The second-order valence-corrected chi connectivity index (χ2v) is 3.76. The fraction of sp³-hybridized carbons (Fsp3) is 0. The van der Waals surface area contributed by atoms with Crippen molar-refractivity contribution in [3.63, 3.8) is 0 Å². The normalized spacial score (nSPS) is 11.1. The third-order valence-corrected chi connectivity index (χ3v) is 2.86. The summed E-state index contributed by atoms with van der Waals surface area (Å²) in [6.07, 6.45) is 1.75. The predicted octanol–water partition coefficient (Wildman–Crippen LogP) is 4.10. The van der Waals surface area contributed by atoms with Gasteiger partial charge in [0.15, 0.2) is 0 Å². The highest BCUT2D eigenvalue weighted by molar-refractivity contribution is 6.11. The van der Waals surface area contributed by atoms with Crippen LogP contribution in [-0.4, -0.2) is 4.98 Å². The van der Waals surface area contributed by atoms with Gasteiger partial charge < -0.3 is 4.98 Å². The summed E-state index contributed by atoms with van der Waals surface area (Å²) in [5.41, 5.74) is 2.46. The van der Waals surface area contributed by atoms with Crippen molar-refractivity contribution in [2.24, 2.45) is 0 Å². The molecule has 0 saturated carbocycles. The van der Waals surface area contributed by atoms with E-state index in [1.54, 1.807) is 12.1 Å². The molecule has 0 aliphatic heterocycles. The topological polar surface area (TPSA) is 15.8 Å². The molecule has 0 radical (unpaired) electrons. The van der Waals surface area contributed by atoms with Gasteiger partial charge in [-0.1, -0.05) is 36.9 Å². The van der Waals surface area contributed by atoms with Crippen LogP contribution < -0.4 is 0 Å². The quantitative estimate of drug-likeness (QED) is 0.623. The van der Waals surface area contributed by atoms with Crippen molar-refractivity contribution in [2.75, 3.05) is 0 Å². The molecule has 0 saturated heterocycles. The summed E-state index contributed by atoms with van der Waals surface area (Å²) in [6.45, 7) is 3.76. The Morgan fingerprint density at radius 3 is 2.75 bits per heavy atom. The molecule has 0 fully saturated rings. The van der Waals surface area contributed by atoms with Crippen LogP contribution in [0.25, 0.3) is 27.9 Å². The maximum atomic E-state index is 13.7. The lowest BCUT2D eigenvalue weighted by molar-refractivity contribution is 0.637. The van der Waals surface area contributed by atoms with E-state index in [9.17, 15) is 4.39 Å². The van der Waals surface area contributed by atoms with Gasteiger partial charge in [0, 0.05) is 16.3 Å². The third kappa shape index (κ3) is 1.10. The molecule has 1 aromatic heterocycles. The van der Waals surface area contributed by atoms with Crippen molar-refractivity contribution in [1.29, 1.82) is 0 Å². The Kier molecular flexibility index (Phi) is 1.83. The fourth-order valence-corrected chi connectivity index (χ4v) is 2.12. The second kappa shape index (κ2) is 3.20. The van der Waals surface area contributed by atoms with Crippen LogP contribution in [0.1, 0.15) is 5.56 Å². The van der Waals surface area contributed by atoms with E-state index in [1.807, 2.05) is 24.3 Å². The Labute approximate surface area is 92.2 Å². The van der Waals surface area contributed by atoms with Gasteiger partial charge in [-0.3, -0.25) is 0 Å². The van der Waals surface area contributed by atoms with Crippen molar-refractivity contribution < 1.29 is 4.39 Å². The highest BCUT2D eigenvalue weighted by Crippen LogP contribution is 2.30. The SMILES string of the molecule is C=Cc1ccc(F)c2[nH]c3ccccc3c12. The zero-order valence-corrected chi connectivity index (χ0v) is 8.63. The molecule has 3 aromatic rings. The summed E-state index contributed by atoms with van der Waals surface area (Å²) in [5.74, 6) is -0.225. The first kappa shape index (κ1) is 9.16. The Bertz CT molecular complexity index is 694. The molecule has 0 amide bonds. The Morgan fingerprint density at radius 2 is 1.94 bits per heavy atom. The molecule has 1 heterocycles. The van der Waals surface area contributed by atoms with Gasteiger partial charge in [0.2, 0.25) is 0 Å². The van der Waals surface area contributed by atoms with Crippen LogP contribution in [0.3, 0.4) is 0 Å². The number of hydrogen-bond donors (Lipinski definition) is 1. The standard InChI is InChI=1S/C14H10FN/c1-2-9-7-8-11(15)14-13(9)10-5-3-4-6-12(10)16-14/h2-8,16H,1H2. The van der Waals surface area contributed by atoms with Gasteiger partial charge in [-0.25, -0.2) is 4.39 Å². The smallest absolute Gasteiger partial charge is 0.147 e. The van der Waals surface area contributed by atoms with Gasteiger partial charge >= 0.3 is 0 Å². The second-order valence-electron chi connectivity index (χ2n) is 3.76.